The zero-order chi connectivity index (χ0) is 12.4. The summed E-state index contributed by atoms with van der Waals surface area (Å²) >= 11 is 0. The summed E-state index contributed by atoms with van der Waals surface area (Å²) in [6.45, 7) is 0. The van der Waals surface area contributed by atoms with Crippen LogP contribution in [-0.2, 0) is 10.6 Å². The third kappa shape index (κ3) is 1.89. The molecule has 0 aliphatic carbocycles. The van der Waals surface area contributed by atoms with E-state index in [0.717, 1.165) is 16.8 Å². The predicted molar refractivity (Wildman–Crippen MR) is 69.0 cm³/mol. The number of hydrogen-bond donors (Lipinski definition) is 1. The zero-order valence-electron chi connectivity index (χ0n) is 9.78. The van der Waals surface area contributed by atoms with Crippen LogP contribution in [0.25, 0.3) is 0 Å². The van der Waals surface area contributed by atoms with E-state index in [9.17, 15) is 5.11 Å². The van der Waals surface area contributed by atoms with Gasteiger partial charge in [-0.15, -0.1) is 0 Å². The predicted octanol–water partition coefficient (Wildman–Crippen LogP) is 2.66. The molecule has 2 aromatic carbocycles. The lowest BCUT2D eigenvalue weighted by Crippen LogP contribution is -2.25. The molecule has 1 heterocycles. The van der Waals surface area contributed by atoms with Gasteiger partial charge >= 0.3 is 0 Å². The lowest BCUT2D eigenvalue weighted by atomic mass is 9.97. The lowest BCUT2D eigenvalue weighted by Gasteiger charge is -2.19. The summed E-state index contributed by atoms with van der Waals surface area (Å²) in [6, 6.07) is 19.1. The molecule has 1 atom stereocenters. The molecule has 0 radical (unpaired) electrons. The molecule has 18 heavy (non-hydrogen) atoms. The Morgan fingerprint density at radius 3 is 2.22 bits per heavy atom. The van der Waals surface area contributed by atoms with Gasteiger partial charge in [0, 0.05) is 5.56 Å². The van der Waals surface area contributed by atoms with Crippen LogP contribution < -0.4 is 0 Å². The standard InChI is InChI=1S/C15H13NO2/c17-15(13-9-5-2-6-10-13)11-14(16-18-15)12-7-3-1-4-8-12/h1-10,17H,11H2. The molecule has 3 heteroatoms. The first-order valence-corrected chi connectivity index (χ1v) is 5.86. The first kappa shape index (κ1) is 11.0. The summed E-state index contributed by atoms with van der Waals surface area (Å²) in [5.74, 6) is -1.34. The highest BCUT2D eigenvalue weighted by atomic mass is 16.7. The van der Waals surface area contributed by atoms with Crippen LogP contribution in [0.4, 0.5) is 0 Å². The van der Waals surface area contributed by atoms with Crippen LogP contribution >= 0.6 is 0 Å². The van der Waals surface area contributed by atoms with Crippen LogP contribution in [-0.4, -0.2) is 10.8 Å². The number of rotatable bonds is 2. The Morgan fingerprint density at radius 1 is 0.944 bits per heavy atom. The second kappa shape index (κ2) is 4.27. The van der Waals surface area contributed by atoms with Gasteiger partial charge in [-0.3, -0.25) is 0 Å². The largest absolute Gasteiger partial charge is 0.355 e. The van der Waals surface area contributed by atoms with Crippen molar-refractivity contribution in [2.24, 2.45) is 5.16 Å². The van der Waals surface area contributed by atoms with Gasteiger partial charge in [0.05, 0.1) is 12.1 Å². The van der Waals surface area contributed by atoms with Crippen molar-refractivity contribution in [1.29, 1.82) is 0 Å². The van der Waals surface area contributed by atoms with Gasteiger partial charge in [0.2, 0.25) is 0 Å². The molecule has 0 aromatic heterocycles. The Morgan fingerprint density at radius 2 is 1.56 bits per heavy atom. The minimum atomic E-state index is -1.34. The van der Waals surface area contributed by atoms with Crippen molar-refractivity contribution in [3.05, 3.63) is 71.8 Å². The van der Waals surface area contributed by atoms with Crippen molar-refractivity contribution in [2.45, 2.75) is 12.2 Å². The Balaban J connectivity index is 1.86. The van der Waals surface area contributed by atoms with E-state index in [1.165, 1.54) is 0 Å². The highest BCUT2D eigenvalue weighted by Crippen LogP contribution is 2.33. The van der Waals surface area contributed by atoms with Gasteiger partial charge in [0.15, 0.2) is 0 Å². The topological polar surface area (TPSA) is 41.8 Å². The van der Waals surface area contributed by atoms with Crippen molar-refractivity contribution in [3.63, 3.8) is 0 Å². The Bertz CT molecular complexity index is 566. The molecule has 0 bridgehead atoms. The maximum Gasteiger partial charge on any atom is 0.266 e. The molecular formula is C15H13NO2. The van der Waals surface area contributed by atoms with Gasteiger partial charge in [0.1, 0.15) is 0 Å². The molecule has 90 valence electrons. The van der Waals surface area contributed by atoms with Gasteiger partial charge in [-0.25, -0.2) is 0 Å². The molecule has 1 unspecified atom stereocenters. The normalized spacial score (nSPS) is 22.4. The van der Waals surface area contributed by atoms with Crippen LogP contribution in [0.3, 0.4) is 0 Å². The van der Waals surface area contributed by atoms with Crippen molar-refractivity contribution in [3.8, 4) is 0 Å². The summed E-state index contributed by atoms with van der Waals surface area (Å²) in [5, 5.41) is 14.5. The molecule has 3 rings (SSSR count). The molecule has 1 N–H and O–H groups in total. The molecule has 3 nitrogen and oxygen atoms in total. The zero-order valence-corrected chi connectivity index (χ0v) is 9.78. The second-order valence-corrected chi connectivity index (χ2v) is 4.32. The Hall–Kier alpha value is -2.13. The van der Waals surface area contributed by atoms with Crippen molar-refractivity contribution in [2.75, 3.05) is 0 Å². The summed E-state index contributed by atoms with van der Waals surface area (Å²) < 4.78 is 0. The van der Waals surface area contributed by atoms with Gasteiger partial charge < -0.3 is 9.94 Å². The van der Waals surface area contributed by atoms with Crippen LogP contribution in [0, 0.1) is 0 Å². The molecule has 2 aromatic rings. The van der Waals surface area contributed by atoms with E-state index in [4.69, 9.17) is 4.84 Å². The van der Waals surface area contributed by atoms with Gasteiger partial charge in [-0.1, -0.05) is 65.8 Å². The van der Waals surface area contributed by atoms with E-state index in [-0.39, 0.29) is 0 Å². The summed E-state index contributed by atoms with van der Waals surface area (Å²) in [7, 11) is 0. The third-order valence-corrected chi connectivity index (χ3v) is 3.05. The molecule has 0 spiro atoms. The molecular weight excluding hydrogens is 226 g/mol. The maximum absolute atomic E-state index is 10.5. The number of benzene rings is 2. The van der Waals surface area contributed by atoms with Gasteiger partial charge in [-0.05, 0) is 5.56 Å². The molecule has 0 saturated heterocycles. The highest BCUT2D eigenvalue weighted by Gasteiger charge is 2.38. The molecule has 0 saturated carbocycles. The van der Waals surface area contributed by atoms with Crippen molar-refractivity contribution >= 4 is 5.71 Å². The van der Waals surface area contributed by atoms with Crippen molar-refractivity contribution in [1.82, 2.24) is 0 Å². The van der Waals surface area contributed by atoms with Crippen LogP contribution in [0.2, 0.25) is 0 Å². The number of hydrogen-bond acceptors (Lipinski definition) is 3. The van der Waals surface area contributed by atoms with Crippen molar-refractivity contribution < 1.29 is 9.94 Å². The fraction of sp³-hybridized carbons (Fsp3) is 0.133. The molecule has 1 aliphatic heterocycles. The first-order chi connectivity index (χ1) is 8.78. The van der Waals surface area contributed by atoms with E-state index in [1.54, 1.807) is 0 Å². The summed E-state index contributed by atoms with van der Waals surface area (Å²) in [6.07, 6.45) is 0.362. The van der Waals surface area contributed by atoms with E-state index in [0.29, 0.717) is 6.42 Å². The van der Waals surface area contributed by atoms with Gasteiger partial charge in [0.25, 0.3) is 5.79 Å². The second-order valence-electron chi connectivity index (χ2n) is 4.32. The number of aliphatic hydroxyl groups is 1. The SMILES string of the molecule is OC1(c2ccccc2)CC(c2ccccc2)=NO1. The minimum Gasteiger partial charge on any atom is -0.355 e. The smallest absolute Gasteiger partial charge is 0.266 e. The van der Waals surface area contributed by atoms with Crippen LogP contribution in [0.1, 0.15) is 17.5 Å². The average molecular weight is 239 g/mol. The number of nitrogens with zero attached hydrogens (tertiary/aromatic N) is 1. The van der Waals surface area contributed by atoms with Crippen LogP contribution in [0.15, 0.2) is 65.8 Å². The Labute approximate surface area is 105 Å². The van der Waals surface area contributed by atoms with E-state index in [1.807, 2.05) is 60.7 Å². The number of oxime groups is 1. The van der Waals surface area contributed by atoms with Crippen LogP contribution in [0.5, 0.6) is 0 Å². The summed E-state index contributed by atoms with van der Waals surface area (Å²) in [5.41, 5.74) is 2.46. The summed E-state index contributed by atoms with van der Waals surface area (Å²) in [4.78, 5) is 5.24. The quantitative estimate of drug-likeness (QED) is 0.875. The fourth-order valence-corrected chi connectivity index (χ4v) is 2.06. The van der Waals surface area contributed by atoms with E-state index >= 15 is 0 Å². The molecule has 0 amide bonds. The minimum absolute atomic E-state index is 0.362. The van der Waals surface area contributed by atoms with Gasteiger partial charge in [-0.2, -0.15) is 0 Å². The highest BCUT2D eigenvalue weighted by molar-refractivity contribution is 6.01. The Kier molecular flexibility index (Phi) is 2.61. The average Bonchev–Trinajstić information content (AvgIpc) is 2.85. The van der Waals surface area contributed by atoms with E-state index < -0.39 is 5.79 Å². The fourth-order valence-electron chi connectivity index (χ4n) is 2.06. The van der Waals surface area contributed by atoms with E-state index in [2.05, 4.69) is 5.16 Å². The molecule has 1 aliphatic rings. The third-order valence-electron chi connectivity index (χ3n) is 3.05. The molecule has 0 fully saturated rings. The first-order valence-electron chi connectivity index (χ1n) is 5.86. The lowest BCUT2D eigenvalue weighted by molar-refractivity contribution is -0.193. The maximum atomic E-state index is 10.5. The monoisotopic (exact) mass is 239 g/mol.